The van der Waals surface area contributed by atoms with Crippen LogP contribution in [0.1, 0.15) is 78.1 Å². The van der Waals surface area contributed by atoms with Crippen molar-refractivity contribution in [2.45, 2.75) is 96.6 Å². The fourth-order valence-corrected chi connectivity index (χ4v) is 3.67. The van der Waals surface area contributed by atoms with E-state index in [1.165, 1.54) is 12.8 Å². The first-order valence-corrected chi connectivity index (χ1v) is 10.3. The maximum Gasteiger partial charge on any atom is 0.308 e. The van der Waals surface area contributed by atoms with Crippen molar-refractivity contribution in [3.8, 4) is 0 Å². The smallest absolute Gasteiger partial charge is 0.308 e. The zero-order valence-electron chi connectivity index (χ0n) is 16.0. The lowest BCUT2D eigenvalue weighted by molar-refractivity contribution is -0.197. The van der Waals surface area contributed by atoms with Crippen molar-refractivity contribution < 1.29 is 23.7 Å². The minimum Gasteiger partial charge on any atom is -0.466 e. The number of carbonyl (C=O) groups excluding carboxylic acids is 1. The third-order valence-corrected chi connectivity index (χ3v) is 5.16. The van der Waals surface area contributed by atoms with Crippen LogP contribution in [-0.2, 0) is 23.7 Å². The molecule has 0 amide bonds. The average molecular weight is 357 g/mol. The van der Waals surface area contributed by atoms with Crippen molar-refractivity contribution in [1.29, 1.82) is 0 Å². The summed E-state index contributed by atoms with van der Waals surface area (Å²) in [5.74, 6) is -0.113. The van der Waals surface area contributed by atoms with Crippen LogP contribution in [0.2, 0.25) is 0 Å². The molecule has 0 aromatic heterocycles. The van der Waals surface area contributed by atoms with Crippen molar-refractivity contribution in [3.05, 3.63) is 0 Å². The lowest BCUT2D eigenvalue weighted by Gasteiger charge is -2.26. The molecule has 4 atom stereocenters. The van der Waals surface area contributed by atoms with Gasteiger partial charge in [0, 0.05) is 6.61 Å². The molecule has 5 nitrogen and oxygen atoms in total. The monoisotopic (exact) mass is 356 g/mol. The molecular formula is C20H36O5. The molecule has 2 bridgehead atoms. The molecule has 2 aliphatic heterocycles. The van der Waals surface area contributed by atoms with Gasteiger partial charge in [0.05, 0.1) is 31.3 Å². The normalized spacial score (nSPS) is 29.0. The van der Waals surface area contributed by atoms with E-state index in [-0.39, 0.29) is 30.4 Å². The van der Waals surface area contributed by atoms with E-state index in [9.17, 15) is 4.79 Å². The van der Waals surface area contributed by atoms with Gasteiger partial charge in [-0.2, -0.15) is 0 Å². The Balaban J connectivity index is 1.93. The molecule has 0 spiro atoms. The van der Waals surface area contributed by atoms with Crippen molar-refractivity contribution >= 4 is 5.97 Å². The summed E-state index contributed by atoms with van der Waals surface area (Å²) in [4.78, 5) is 12.2. The van der Waals surface area contributed by atoms with E-state index < -0.39 is 0 Å². The highest BCUT2D eigenvalue weighted by molar-refractivity contribution is 5.72. The molecule has 4 unspecified atom stereocenters. The zero-order valence-corrected chi connectivity index (χ0v) is 16.0. The third kappa shape index (κ3) is 7.63. The van der Waals surface area contributed by atoms with Gasteiger partial charge in [-0.3, -0.25) is 4.79 Å². The molecule has 146 valence electrons. The molecule has 0 aromatic carbocycles. The van der Waals surface area contributed by atoms with Crippen LogP contribution in [0, 0.1) is 5.92 Å². The lowest BCUT2D eigenvalue weighted by Crippen LogP contribution is -2.30. The molecule has 2 saturated heterocycles. The van der Waals surface area contributed by atoms with Crippen LogP contribution < -0.4 is 0 Å². The van der Waals surface area contributed by atoms with Crippen LogP contribution in [0.25, 0.3) is 0 Å². The van der Waals surface area contributed by atoms with Crippen molar-refractivity contribution in [3.63, 3.8) is 0 Å². The summed E-state index contributed by atoms with van der Waals surface area (Å²) >= 11 is 0. The molecule has 2 fully saturated rings. The molecular weight excluding hydrogens is 320 g/mol. The number of esters is 1. The first-order valence-electron chi connectivity index (χ1n) is 10.3. The van der Waals surface area contributed by atoms with Gasteiger partial charge in [0.25, 0.3) is 0 Å². The second-order valence-corrected chi connectivity index (χ2v) is 7.26. The molecule has 2 aliphatic rings. The van der Waals surface area contributed by atoms with Gasteiger partial charge in [-0.05, 0) is 45.4 Å². The molecule has 0 saturated carbocycles. The van der Waals surface area contributed by atoms with E-state index in [4.69, 9.17) is 18.9 Å². The standard InChI is InChI=1S/C20H36O5/c1-3-5-8-16(20(21)23-4-2)11-12-19-24-17-9-6-7-10-18(25-19)15-22-14-13-17/h16-19H,3-15H2,1-2H3. The van der Waals surface area contributed by atoms with Crippen LogP contribution in [-0.4, -0.2) is 44.3 Å². The Bertz CT molecular complexity index is 343. The topological polar surface area (TPSA) is 54.0 Å². The number of ether oxygens (including phenoxy) is 4. The molecule has 0 aromatic rings. The largest absolute Gasteiger partial charge is 0.466 e. The van der Waals surface area contributed by atoms with Gasteiger partial charge in [0.1, 0.15) is 0 Å². The van der Waals surface area contributed by atoms with Gasteiger partial charge < -0.3 is 18.9 Å². The van der Waals surface area contributed by atoms with Crippen molar-refractivity contribution in [2.75, 3.05) is 19.8 Å². The highest BCUT2D eigenvalue weighted by Gasteiger charge is 2.28. The zero-order chi connectivity index (χ0) is 17.9. The Morgan fingerprint density at radius 2 is 1.84 bits per heavy atom. The third-order valence-electron chi connectivity index (χ3n) is 5.16. The van der Waals surface area contributed by atoms with Gasteiger partial charge >= 0.3 is 5.97 Å². The Labute approximate surface area is 152 Å². The van der Waals surface area contributed by atoms with Gasteiger partial charge in [0.15, 0.2) is 6.29 Å². The van der Waals surface area contributed by atoms with Crippen LogP contribution in [0.3, 0.4) is 0 Å². The fraction of sp³-hybridized carbons (Fsp3) is 0.950. The first kappa shape index (κ1) is 20.7. The van der Waals surface area contributed by atoms with Gasteiger partial charge in [0.2, 0.25) is 0 Å². The van der Waals surface area contributed by atoms with E-state index in [1.54, 1.807) is 0 Å². The molecule has 0 radical (unpaired) electrons. The average Bonchev–Trinajstić information content (AvgIpc) is 2.76. The van der Waals surface area contributed by atoms with E-state index in [1.807, 2.05) is 6.92 Å². The molecule has 5 heteroatoms. The SMILES string of the molecule is CCCCC(CCC1OC2CCCCC(COCC2)O1)C(=O)OCC. The Kier molecular flexibility index (Phi) is 9.81. The van der Waals surface area contributed by atoms with Gasteiger partial charge in [-0.1, -0.05) is 32.6 Å². The number of hydrogen-bond donors (Lipinski definition) is 0. The number of fused-ring (bicyclic) bond motifs is 4. The second kappa shape index (κ2) is 11.9. The lowest BCUT2D eigenvalue weighted by atomic mass is 9.96. The minimum absolute atomic E-state index is 0.0435. The maximum absolute atomic E-state index is 12.2. The van der Waals surface area contributed by atoms with E-state index in [0.29, 0.717) is 13.2 Å². The summed E-state index contributed by atoms with van der Waals surface area (Å²) in [5, 5.41) is 0. The van der Waals surface area contributed by atoms with Gasteiger partial charge in [-0.15, -0.1) is 0 Å². The highest BCUT2D eigenvalue weighted by Crippen LogP contribution is 2.26. The van der Waals surface area contributed by atoms with Crippen LogP contribution in [0.15, 0.2) is 0 Å². The summed E-state index contributed by atoms with van der Waals surface area (Å²) in [7, 11) is 0. The molecule has 25 heavy (non-hydrogen) atoms. The minimum atomic E-state index is -0.228. The fourth-order valence-electron chi connectivity index (χ4n) is 3.67. The predicted octanol–water partition coefficient (Wildman–Crippen LogP) is 4.23. The highest BCUT2D eigenvalue weighted by atomic mass is 16.7. The number of hydrogen-bond acceptors (Lipinski definition) is 5. The Hall–Kier alpha value is -0.650. The van der Waals surface area contributed by atoms with Crippen LogP contribution in [0.5, 0.6) is 0 Å². The summed E-state index contributed by atoms with van der Waals surface area (Å²) in [6.07, 6.45) is 10.0. The van der Waals surface area contributed by atoms with Crippen LogP contribution >= 0.6 is 0 Å². The second-order valence-electron chi connectivity index (χ2n) is 7.26. The molecule has 0 aliphatic carbocycles. The maximum atomic E-state index is 12.2. The van der Waals surface area contributed by atoms with E-state index in [2.05, 4.69) is 6.92 Å². The number of rotatable bonds is 8. The summed E-state index contributed by atoms with van der Waals surface area (Å²) in [6.45, 7) is 5.86. The first-order chi connectivity index (χ1) is 12.2. The van der Waals surface area contributed by atoms with Crippen LogP contribution in [0.4, 0.5) is 0 Å². The quantitative estimate of drug-likeness (QED) is 0.609. The van der Waals surface area contributed by atoms with Gasteiger partial charge in [-0.25, -0.2) is 0 Å². The molecule has 2 rings (SSSR count). The number of unbranched alkanes of at least 4 members (excludes halogenated alkanes) is 1. The molecule has 0 N–H and O–H groups in total. The van der Waals surface area contributed by atoms with Crippen molar-refractivity contribution in [1.82, 2.24) is 0 Å². The van der Waals surface area contributed by atoms with E-state index in [0.717, 1.165) is 58.0 Å². The predicted molar refractivity (Wildman–Crippen MR) is 96.3 cm³/mol. The summed E-state index contributed by atoms with van der Waals surface area (Å²) in [6, 6.07) is 0. The summed E-state index contributed by atoms with van der Waals surface area (Å²) in [5.41, 5.74) is 0. The number of carbonyl (C=O) groups is 1. The van der Waals surface area contributed by atoms with E-state index >= 15 is 0 Å². The Morgan fingerprint density at radius 1 is 1.08 bits per heavy atom. The Morgan fingerprint density at radius 3 is 2.60 bits per heavy atom. The van der Waals surface area contributed by atoms with Crippen molar-refractivity contribution in [2.24, 2.45) is 5.92 Å². The molecule has 2 heterocycles. The summed E-state index contributed by atoms with van der Waals surface area (Å²) < 4.78 is 23.5.